The van der Waals surface area contributed by atoms with E-state index in [-0.39, 0.29) is 0 Å². The lowest BCUT2D eigenvalue weighted by atomic mass is 10.0. The topological polar surface area (TPSA) is 59.0 Å². The van der Waals surface area contributed by atoms with Crippen molar-refractivity contribution in [3.63, 3.8) is 0 Å². The minimum atomic E-state index is 0.353. The zero-order valence-corrected chi connectivity index (χ0v) is 12.0. The standard InChI is InChI=1S/C17H18N2O/c1-11(2)14-8-7-12(3)9-16(14)20-15-6-4-5-13(10-18)17(15)19/h4-9,11H,19H2,1-3H3. The molecule has 0 amide bonds. The summed E-state index contributed by atoms with van der Waals surface area (Å²) in [6, 6.07) is 13.4. The second-order valence-electron chi connectivity index (χ2n) is 5.13. The molecule has 2 aromatic carbocycles. The number of nitrogens with zero attached hydrogens (tertiary/aromatic N) is 1. The molecular weight excluding hydrogens is 248 g/mol. The van der Waals surface area contributed by atoms with E-state index in [0.717, 1.165) is 16.9 Å². The number of aryl methyl sites for hydroxylation is 1. The van der Waals surface area contributed by atoms with E-state index < -0.39 is 0 Å². The first kappa shape index (κ1) is 14.0. The lowest BCUT2D eigenvalue weighted by Gasteiger charge is -2.16. The number of nitriles is 1. The number of hydrogen-bond donors (Lipinski definition) is 1. The minimum absolute atomic E-state index is 0.353. The van der Waals surface area contributed by atoms with Gasteiger partial charge in [0.1, 0.15) is 11.8 Å². The van der Waals surface area contributed by atoms with Crippen molar-refractivity contribution in [1.82, 2.24) is 0 Å². The summed E-state index contributed by atoms with van der Waals surface area (Å²) in [5.41, 5.74) is 9.02. The molecule has 0 fully saturated rings. The summed E-state index contributed by atoms with van der Waals surface area (Å²) in [6.07, 6.45) is 0. The molecule has 2 rings (SSSR count). The molecule has 102 valence electrons. The molecule has 2 aromatic rings. The predicted molar refractivity (Wildman–Crippen MR) is 80.9 cm³/mol. The molecule has 20 heavy (non-hydrogen) atoms. The van der Waals surface area contributed by atoms with Crippen LogP contribution in [0.5, 0.6) is 11.5 Å². The van der Waals surface area contributed by atoms with Crippen LogP contribution < -0.4 is 10.5 Å². The Morgan fingerprint density at radius 2 is 1.90 bits per heavy atom. The summed E-state index contributed by atoms with van der Waals surface area (Å²) in [7, 11) is 0. The quantitative estimate of drug-likeness (QED) is 0.839. The fourth-order valence-corrected chi connectivity index (χ4v) is 2.06. The largest absolute Gasteiger partial charge is 0.455 e. The second kappa shape index (κ2) is 5.66. The van der Waals surface area contributed by atoms with Crippen molar-refractivity contribution in [3.8, 4) is 17.6 Å². The van der Waals surface area contributed by atoms with Gasteiger partial charge in [-0.25, -0.2) is 0 Å². The molecule has 3 nitrogen and oxygen atoms in total. The Bertz CT molecular complexity index is 669. The number of anilines is 1. The molecule has 0 saturated heterocycles. The van der Waals surface area contributed by atoms with Crippen LogP contribution in [0.2, 0.25) is 0 Å². The highest BCUT2D eigenvalue weighted by molar-refractivity contribution is 5.64. The van der Waals surface area contributed by atoms with Gasteiger partial charge < -0.3 is 10.5 Å². The van der Waals surface area contributed by atoms with Crippen LogP contribution in [0.4, 0.5) is 5.69 Å². The van der Waals surface area contributed by atoms with Crippen LogP contribution in [0.25, 0.3) is 0 Å². The average Bonchev–Trinajstić information content (AvgIpc) is 2.41. The zero-order chi connectivity index (χ0) is 14.7. The summed E-state index contributed by atoms with van der Waals surface area (Å²) in [5.74, 6) is 1.67. The average molecular weight is 266 g/mol. The normalized spacial score (nSPS) is 10.3. The molecule has 0 spiro atoms. The van der Waals surface area contributed by atoms with Gasteiger partial charge >= 0.3 is 0 Å². The molecule has 0 radical (unpaired) electrons. The number of benzene rings is 2. The van der Waals surface area contributed by atoms with Gasteiger partial charge in [0.2, 0.25) is 0 Å². The first-order chi connectivity index (χ1) is 9.52. The monoisotopic (exact) mass is 266 g/mol. The second-order valence-corrected chi connectivity index (χ2v) is 5.13. The smallest absolute Gasteiger partial charge is 0.151 e. The molecule has 2 N–H and O–H groups in total. The molecule has 0 aliphatic carbocycles. The Balaban J connectivity index is 2.45. The van der Waals surface area contributed by atoms with E-state index in [1.54, 1.807) is 18.2 Å². The number of nitrogens with two attached hydrogens (primary N) is 1. The molecule has 0 saturated carbocycles. The fourth-order valence-electron chi connectivity index (χ4n) is 2.06. The van der Waals surface area contributed by atoms with Gasteiger partial charge in [0.15, 0.2) is 5.75 Å². The fraction of sp³-hybridized carbons (Fsp3) is 0.235. The van der Waals surface area contributed by atoms with Crippen molar-refractivity contribution in [1.29, 1.82) is 5.26 Å². The zero-order valence-electron chi connectivity index (χ0n) is 12.0. The summed E-state index contributed by atoms with van der Waals surface area (Å²) in [4.78, 5) is 0. The summed E-state index contributed by atoms with van der Waals surface area (Å²) in [5, 5.41) is 9.01. The highest BCUT2D eigenvalue weighted by Crippen LogP contribution is 2.34. The highest BCUT2D eigenvalue weighted by Gasteiger charge is 2.12. The van der Waals surface area contributed by atoms with Crippen molar-refractivity contribution < 1.29 is 4.74 Å². The van der Waals surface area contributed by atoms with Crippen LogP contribution in [0.3, 0.4) is 0 Å². The van der Waals surface area contributed by atoms with E-state index in [4.69, 9.17) is 15.7 Å². The van der Waals surface area contributed by atoms with E-state index in [1.165, 1.54) is 0 Å². The summed E-state index contributed by atoms with van der Waals surface area (Å²) < 4.78 is 5.95. The molecule has 0 heterocycles. The van der Waals surface area contributed by atoms with Crippen LogP contribution >= 0.6 is 0 Å². The molecule has 0 unspecified atom stereocenters. The van der Waals surface area contributed by atoms with Gasteiger partial charge in [0.05, 0.1) is 11.3 Å². The van der Waals surface area contributed by atoms with E-state index in [0.29, 0.717) is 22.9 Å². The number of rotatable bonds is 3. The van der Waals surface area contributed by atoms with Gasteiger partial charge in [-0.2, -0.15) is 5.26 Å². The molecular formula is C17H18N2O. The number of nitrogen functional groups attached to an aromatic ring is 1. The SMILES string of the molecule is Cc1ccc(C(C)C)c(Oc2cccc(C#N)c2N)c1. The number of para-hydroxylation sites is 1. The third-order valence-corrected chi connectivity index (χ3v) is 3.20. The third-order valence-electron chi connectivity index (χ3n) is 3.20. The van der Waals surface area contributed by atoms with E-state index in [9.17, 15) is 0 Å². The van der Waals surface area contributed by atoms with Gasteiger partial charge in [0, 0.05) is 0 Å². The van der Waals surface area contributed by atoms with Crippen molar-refractivity contribution in [3.05, 3.63) is 53.1 Å². The molecule has 3 heteroatoms. The molecule has 0 aromatic heterocycles. The van der Waals surface area contributed by atoms with Gasteiger partial charge in [-0.05, 0) is 42.2 Å². The predicted octanol–water partition coefficient (Wildman–Crippen LogP) is 4.36. The van der Waals surface area contributed by atoms with Gasteiger partial charge in [-0.1, -0.05) is 32.0 Å². The maximum atomic E-state index is 9.01. The number of hydrogen-bond acceptors (Lipinski definition) is 3. The Morgan fingerprint density at radius 1 is 1.15 bits per heavy atom. The van der Waals surface area contributed by atoms with Crippen molar-refractivity contribution in [2.24, 2.45) is 0 Å². The summed E-state index contributed by atoms with van der Waals surface area (Å²) in [6.45, 7) is 6.26. The Labute approximate surface area is 119 Å². The van der Waals surface area contributed by atoms with E-state index in [1.807, 2.05) is 13.0 Å². The van der Waals surface area contributed by atoms with Crippen LogP contribution in [0.15, 0.2) is 36.4 Å². The van der Waals surface area contributed by atoms with Crippen molar-refractivity contribution in [2.75, 3.05) is 5.73 Å². The Hall–Kier alpha value is -2.47. The lowest BCUT2D eigenvalue weighted by molar-refractivity contribution is 0.475. The molecule has 0 atom stereocenters. The summed E-state index contributed by atoms with van der Waals surface area (Å²) >= 11 is 0. The van der Waals surface area contributed by atoms with E-state index >= 15 is 0 Å². The third kappa shape index (κ3) is 2.75. The lowest BCUT2D eigenvalue weighted by Crippen LogP contribution is -1.98. The van der Waals surface area contributed by atoms with Crippen LogP contribution in [-0.2, 0) is 0 Å². The molecule has 0 bridgehead atoms. The Morgan fingerprint density at radius 3 is 2.55 bits per heavy atom. The van der Waals surface area contributed by atoms with Crippen molar-refractivity contribution >= 4 is 5.69 Å². The first-order valence-electron chi connectivity index (χ1n) is 6.60. The minimum Gasteiger partial charge on any atom is -0.455 e. The molecule has 0 aliphatic rings. The van der Waals surface area contributed by atoms with Crippen molar-refractivity contribution in [2.45, 2.75) is 26.7 Å². The highest BCUT2D eigenvalue weighted by atomic mass is 16.5. The molecule has 0 aliphatic heterocycles. The van der Waals surface area contributed by atoms with Gasteiger partial charge in [-0.3, -0.25) is 0 Å². The van der Waals surface area contributed by atoms with Crippen LogP contribution in [0.1, 0.15) is 36.5 Å². The van der Waals surface area contributed by atoms with E-state index in [2.05, 4.69) is 32.0 Å². The maximum absolute atomic E-state index is 9.01. The van der Waals surface area contributed by atoms with Crippen LogP contribution in [0, 0.1) is 18.3 Å². The van der Waals surface area contributed by atoms with Gasteiger partial charge in [-0.15, -0.1) is 0 Å². The number of ether oxygens (including phenoxy) is 1. The Kier molecular flexibility index (Phi) is 3.95. The first-order valence-corrected chi connectivity index (χ1v) is 6.60. The maximum Gasteiger partial charge on any atom is 0.151 e. The van der Waals surface area contributed by atoms with Crippen LogP contribution in [-0.4, -0.2) is 0 Å². The van der Waals surface area contributed by atoms with Gasteiger partial charge in [0.25, 0.3) is 0 Å².